The van der Waals surface area contributed by atoms with E-state index in [0.717, 1.165) is 31.9 Å². The zero-order valence-corrected chi connectivity index (χ0v) is 9.85. The fourth-order valence-electron chi connectivity index (χ4n) is 2.03. The Hall–Kier alpha value is -1.49. The number of aromatic carboxylic acids is 1. The van der Waals surface area contributed by atoms with Gasteiger partial charge >= 0.3 is 5.97 Å². The quantitative estimate of drug-likeness (QED) is 0.863. The molecule has 92 valence electrons. The maximum absolute atomic E-state index is 11.0. The van der Waals surface area contributed by atoms with Gasteiger partial charge in [0.1, 0.15) is 5.82 Å². The normalized spacial score (nSPS) is 17.0. The van der Waals surface area contributed by atoms with Crippen LogP contribution in [0.3, 0.4) is 0 Å². The van der Waals surface area contributed by atoms with Crippen molar-refractivity contribution in [2.45, 2.75) is 32.1 Å². The van der Waals surface area contributed by atoms with Crippen LogP contribution in [0.2, 0.25) is 0 Å². The summed E-state index contributed by atoms with van der Waals surface area (Å²) >= 11 is 0. The summed E-state index contributed by atoms with van der Waals surface area (Å²) < 4.78 is 5.29. The van der Waals surface area contributed by atoms with E-state index in [2.05, 4.69) is 9.97 Å². The topological polar surface area (TPSA) is 72.3 Å². The Morgan fingerprint density at radius 1 is 1.53 bits per heavy atom. The van der Waals surface area contributed by atoms with Crippen LogP contribution in [0.1, 0.15) is 47.6 Å². The number of aryl methyl sites for hydroxylation is 1. The molecule has 0 spiro atoms. The summed E-state index contributed by atoms with van der Waals surface area (Å²) in [4.78, 5) is 19.5. The van der Waals surface area contributed by atoms with Crippen molar-refractivity contribution >= 4 is 5.97 Å². The lowest BCUT2D eigenvalue weighted by molar-refractivity contribution is 0.0693. The van der Waals surface area contributed by atoms with Crippen molar-refractivity contribution in [3.8, 4) is 0 Å². The molecule has 1 N–H and O–H groups in total. The number of carbonyl (C=O) groups is 1. The molecule has 5 nitrogen and oxygen atoms in total. The Kier molecular flexibility index (Phi) is 3.68. The third-order valence-corrected chi connectivity index (χ3v) is 3.04. The molecular formula is C12H16N2O3. The van der Waals surface area contributed by atoms with Crippen LogP contribution in [0.25, 0.3) is 0 Å². The Bertz CT molecular complexity index is 414. The molecule has 1 aromatic rings. The van der Waals surface area contributed by atoms with Gasteiger partial charge in [0.05, 0.1) is 11.3 Å². The molecule has 0 saturated carbocycles. The molecule has 2 rings (SSSR count). The number of carboxylic acids is 1. The molecule has 0 amide bonds. The van der Waals surface area contributed by atoms with E-state index in [1.807, 2.05) is 6.92 Å². The summed E-state index contributed by atoms with van der Waals surface area (Å²) in [5, 5.41) is 9.00. The molecule has 0 atom stereocenters. The molecule has 0 aliphatic carbocycles. The standard InChI is InChI=1S/C12H16N2O3/c1-2-10-9(12(15)16)7-13-11(14-10)8-3-5-17-6-4-8/h7-8H,2-6H2,1H3,(H,15,16). The zero-order chi connectivity index (χ0) is 12.3. The highest BCUT2D eigenvalue weighted by molar-refractivity contribution is 5.88. The highest BCUT2D eigenvalue weighted by Crippen LogP contribution is 2.24. The third-order valence-electron chi connectivity index (χ3n) is 3.04. The molecule has 1 aliphatic heterocycles. The van der Waals surface area contributed by atoms with E-state index in [9.17, 15) is 4.79 Å². The Labute approximate surface area is 99.9 Å². The predicted octanol–water partition coefficient (Wildman–Crippen LogP) is 1.63. The van der Waals surface area contributed by atoms with Crippen LogP contribution < -0.4 is 0 Å². The van der Waals surface area contributed by atoms with Crippen LogP contribution in [0.5, 0.6) is 0 Å². The average molecular weight is 236 g/mol. The van der Waals surface area contributed by atoms with E-state index in [0.29, 0.717) is 18.0 Å². The van der Waals surface area contributed by atoms with E-state index < -0.39 is 5.97 Å². The highest BCUT2D eigenvalue weighted by atomic mass is 16.5. The second-order valence-corrected chi connectivity index (χ2v) is 4.13. The minimum absolute atomic E-state index is 0.211. The molecule has 5 heteroatoms. The van der Waals surface area contributed by atoms with Crippen molar-refractivity contribution in [2.75, 3.05) is 13.2 Å². The largest absolute Gasteiger partial charge is 0.478 e. The van der Waals surface area contributed by atoms with Crippen LogP contribution in [0.4, 0.5) is 0 Å². The van der Waals surface area contributed by atoms with Gasteiger partial charge in [0.2, 0.25) is 0 Å². The van der Waals surface area contributed by atoms with Gasteiger partial charge in [-0.05, 0) is 19.3 Å². The molecule has 1 fully saturated rings. The average Bonchev–Trinajstić information content (AvgIpc) is 2.39. The van der Waals surface area contributed by atoms with Gasteiger partial charge in [-0.15, -0.1) is 0 Å². The lowest BCUT2D eigenvalue weighted by atomic mass is 9.99. The van der Waals surface area contributed by atoms with Gasteiger partial charge in [-0.3, -0.25) is 0 Å². The SMILES string of the molecule is CCc1nc(C2CCOCC2)ncc1C(=O)O. The highest BCUT2D eigenvalue weighted by Gasteiger charge is 2.20. The summed E-state index contributed by atoms with van der Waals surface area (Å²) in [7, 11) is 0. The number of nitrogens with zero attached hydrogens (tertiary/aromatic N) is 2. The maximum atomic E-state index is 11.0. The van der Waals surface area contributed by atoms with Gasteiger partial charge in [0.25, 0.3) is 0 Å². The third kappa shape index (κ3) is 2.61. The van der Waals surface area contributed by atoms with E-state index in [-0.39, 0.29) is 5.56 Å². The van der Waals surface area contributed by atoms with E-state index in [4.69, 9.17) is 9.84 Å². The molecule has 17 heavy (non-hydrogen) atoms. The molecule has 0 aromatic carbocycles. The summed E-state index contributed by atoms with van der Waals surface area (Å²) in [5.74, 6) is 0.104. The number of hydrogen-bond donors (Lipinski definition) is 1. The summed E-state index contributed by atoms with van der Waals surface area (Å²) in [5.41, 5.74) is 0.831. The van der Waals surface area contributed by atoms with Gasteiger partial charge in [0, 0.05) is 25.3 Å². The Morgan fingerprint density at radius 2 is 2.24 bits per heavy atom. The lowest BCUT2D eigenvalue weighted by Crippen LogP contribution is -2.18. The Morgan fingerprint density at radius 3 is 2.82 bits per heavy atom. The van der Waals surface area contributed by atoms with E-state index >= 15 is 0 Å². The second-order valence-electron chi connectivity index (χ2n) is 4.13. The van der Waals surface area contributed by atoms with Crippen molar-refractivity contribution in [3.63, 3.8) is 0 Å². The number of hydrogen-bond acceptors (Lipinski definition) is 4. The van der Waals surface area contributed by atoms with Crippen molar-refractivity contribution in [1.82, 2.24) is 9.97 Å². The van der Waals surface area contributed by atoms with Gasteiger partial charge in [-0.1, -0.05) is 6.92 Å². The number of aromatic nitrogens is 2. The van der Waals surface area contributed by atoms with Crippen molar-refractivity contribution < 1.29 is 14.6 Å². The van der Waals surface area contributed by atoms with Gasteiger partial charge < -0.3 is 9.84 Å². The zero-order valence-electron chi connectivity index (χ0n) is 9.85. The molecule has 1 aliphatic rings. The van der Waals surface area contributed by atoms with Crippen LogP contribution >= 0.6 is 0 Å². The van der Waals surface area contributed by atoms with Crippen LogP contribution in [-0.4, -0.2) is 34.3 Å². The summed E-state index contributed by atoms with van der Waals surface area (Å²) in [6.45, 7) is 3.37. The fourth-order valence-corrected chi connectivity index (χ4v) is 2.03. The monoisotopic (exact) mass is 236 g/mol. The molecule has 1 saturated heterocycles. The van der Waals surface area contributed by atoms with Crippen molar-refractivity contribution in [3.05, 3.63) is 23.3 Å². The molecule has 1 aromatic heterocycles. The van der Waals surface area contributed by atoms with Gasteiger partial charge in [-0.25, -0.2) is 14.8 Å². The van der Waals surface area contributed by atoms with Crippen LogP contribution in [-0.2, 0) is 11.2 Å². The second kappa shape index (κ2) is 5.23. The van der Waals surface area contributed by atoms with Gasteiger partial charge in [0.15, 0.2) is 0 Å². The van der Waals surface area contributed by atoms with Gasteiger partial charge in [-0.2, -0.15) is 0 Å². The number of rotatable bonds is 3. The fraction of sp³-hybridized carbons (Fsp3) is 0.583. The van der Waals surface area contributed by atoms with Crippen molar-refractivity contribution in [1.29, 1.82) is 0 Å². The first-order valence-corrected chi connectivity index (χ1v) is 5.89. The predicted molar refractivity (Wildman–Crippen MR) is 61.2 cm³/mol. The smallest absolute Gasteiger partial charge is 0.339 e. The summed E-state index contributed by atoms with van der Waals surface area (Å²) in [6.07, 6.45) is 3.87. The first-order chi connectivity index (χ1) is 8.22. The van der Waals surface area contributed by atoms with E-state index in [1.165, 1.54) is 6.20 Å². The molecule has 0 radical (unpaired) electrons. The van der Waals surface area contributed by atoms with Crippen LogP contribution in [0.15, 0.2) is 6.20 Å². The lowest BCUT2D eigenvalue weighted by Gasteiger charge is -2.21. The number of ether oxygens (including phenoxy) is 1. The molecule has 2 heterocycles. The number of carboxylic acid groups (broad SMARTS) is 1. The first-order valence-electron chi connectivity index (χ1n) is 5.89. The first kappa shape index (κ1) is 12.0. The molecule has 0 bridgehead atoms. The Balaban J connectivity index is 2.27. The molecule has 0 unspecified atom stereocenters. The van der Waals surface area contributed by atoms with Crippen molar-refractivity contribution in [2.24, 2.45) is 0 Å². The minimum Gasteiger partial charge on any atom is -0.478 e. The van der Waals surface area contributed by atoms with Crippen LogP contribution in [0, 0.1) is 0 Å². The minimum atomic E-state index is -0.958. The molecular weight excluding hydrogens is 220 g/mol. The summed E-state index contributed by atoms with van der Waals surface area (Å²) in [6, 6.07) is 0. The van der Waals surface area contributed by atoms with E-state index in [1.54, 1.807) is 0 Å². The maximum Gasteiger partial charge on any atom is 0.339 e.